The van der Waals surface area contributed by atoms with Gasteiger partial charge in [-0.15, -0.1) is 0 Å². The highest BCUT2D eigenvalue weighted by molar-refractivity contribution is 7.93. The van der Waals surface area contributed by atoms with Gasteiger partial charge in [0.25, 0.3) is 0 Å². The normalized spacial score (nSPS) is 10.6. The van der Waals surface area contributed by atoms with Gasteiger partial charge in [-0.05, 0) is 12.0 Å². The summed E-state index contributed by atoms with van der Waals surface area (Å²) in [5, 5.41) is 0. The van der Waals surface area contributed by atoms with Crippen LogP contribution >= 0.6 is 12.0 Å². The van der Waals surface area contributed by atoms with Crippen LogP contribution in [0.3, 0.4) is 0 Å². The Morgan fingerprint density at radius 3 is 1.92 bits per heavy atom. The van der Waals surface area contributed by atoms with Crippen molar-refractivity contribution in [1.29, 1.82) is 0 Å². The highest BCUT2D eigenvalue weighted by Gasteiger charge is 1.90. The zero-order chi connectivity index (χ0) is 9.78. The smallest absolute Gasteiger partial charge is 0.0847 e. The fourth-order valence-corrected chi connectivity index (χ4v) is 0.875. The van der Waals surface area contributed by atoms with Crippen molar-refractivity contribution < 1.29 is 18.4 Å². The molecular weight excluding hydrogens is 192 g/mol. The molecule has 0 radical (unpaired) electrons. The molecule has 0 aliphatic rings. The van der Waals surface area contributed by atoms with Gasteiger partial charge in [-0.1, -0.05) is 0 Å². The summed E-state index contributed by atoms with van der Waals surface area (Å²) >= 11 is 1.35. The van der Waals surface area contributed by atoms with Crippen LogP contribution in [0.1, 0.15) is 0 Å². The van der Waals surface area contributed by atoms with Crippen molar-refractivity contribution in [3.63, 3.8) is 0 Å². The molecule has 0 aromatic heterocycles. The third-order valence-corrected chi connectivity index (χ3v) is 1.64. The van der Waals surface area contributed by atoms with E-state index in [0.717, 1.165) is 0 Å². The zero-order valence-electron chi connectivity index (χ0n) is 8.28. The molecule has 0 rings (SSSR count). The second-order valence-corrected chi connectivity index (χ2v) is 2.78. The molecule has 4 nitrogen and oxygen atoms in total. The molecule has 0 saturated heterocycles. The van der Waals surface area contributed by atoms with Crippen LogP contribution in [0.4, 0.5) is 0 Å². The van der Waals surface area contributed by atoms with E-state index >= 15 is 0 Å². The first-order valence-electron chi connectivity index (χ1n) is 4.22. The fraction of sp³-hybridized carbons (Fsp3) is 1.00. The van der Waals surface area contributed by atoms with E-state index in [-0.39, 0.29) is 0 Å². The molecule has 0 bridgehead atoms. The van der Waals surface area contributed by atoms with E-state index in [9.17, 15) is 0 Å². The SMILES string of the molecule is COCCOCCOCCOSC. The number of hydrogen-bond donors (Lipinski definition) is 0. The van der Waals surface area contributed by atoms with Crippen molar-refractivity contribution in [2.24, 2.45) is 0 Å². The Morgan fingerprint density at radius 1 is 0.846 bits per heavy atom. The number of rotatable bonds is 10. The van der Waals surface area contributed by atoms with E-state index in [1.807, 2.05) is 6.26 Å². The van der Waals surface area contributed by atoms with E-state index in [1.165, 1.54) is 12.0 Å². The molecule has 0 aromatic rings. The molecule has 0 atom stereocenters. The van der Waals surface area contributed by atoms with Crippen LogP contribution in [-0.2, 0) is 18.4 Å². The van der Waals surface area contributed by atoms with Crippen molar-refractivity contribution in [3.8, 4) is 0 Å². The Bertz CT molecular complexity index is 82.2. The Morgan fingerprint density at radius 2 is 1.38 bits per heavy atom. The van der Waals surface area contributed by atoms with Gasteiger partial charge in [0, 0.05) is 13.4 Å². The number of ether oxygens (including phenoxy) is 3. The first-order chi connectivity index (χ1) is 6.41. The quantitative estimate of drug-likeness (QED) is 0.396. The van der Waals surface area contributed by atoms with Gasteiger partial charge in [-0.3, -0.25) is 0 Å². The molecule has 0 amide bonds. The van der Waals surface area contributed by atoms with E-state index in [4.69, 9.17) is 18.4 Å². The molecule has 5 heteroatoms. The summed E-state index contributed by atoms with van der Waals surface area (Å²) < 4.78 is 20.2. The molecular formula is C8H18O4S. The first kappa shape index (κ1) is 13.2. The third kappa shape index (κ3) is 12.2. The predicted molar refractivity (Wildman–Crippen MR) is 53.0 cm³/mol. The van der Waals surface area contributed by atoms with E-state index < -0.39 is 0 Å². The molecule has 0 saturated carbocycles. The lowest BCUT2D eigenvalue weighted by Gasteiger charge is -2.04. The Kier molecular flexibility index (Phi) is 12.4. The summed E-state index contributed by atoms with van der Waals surface area (Å²) in [4.78, 5) is 0. The van der Waals surface area contributed by atoms with Crippen molar-refractivity contribution in [3.05, 3.63) is 0 Å². The highest BCUT2D eigenvalue weighted by Crippen LogP contribution is 1.92. The average Bonchev–Trinajstić information content (AvgIpc) is 2.16. The molecule has 0 N–H and O–H groups in total. The largest absolute Gasteiger partial charge is 0.382 e. The zero-order valence-corrected chi connectivity index (χ0v) is 9.10. The molecule has 0 fully saturated rings. The molecule has 0 spiro atoms. The van der Waals surface area contributed by atoms with Crippen molar-refractivity contribution in [2.45, 2.75) is 0 Å². The van der Waals surface area contributed by atoms with Crippen LogP contribution < -0.4 is 0 Å². The van der Waals surface area contributed by atoms with Crippen LogP contribution in [0, 0.1) is 0 Å². The lowest BCUT2D eigenvalue weighted by Crippen LogP contribution is -2.10. The second-order valence-electron chi connectivity index (χ2n) is 2.21. The highest BCUT2D eigenvalue weighted by atomic mass is 32.2. The van der Waals surface area contributed by atoms with Gasteiger partial charge in [-0.2, -0.15) is 0 Å². The van der Waals surface area contributed by atoms with Gasteiger partial charge in [0.05, 0.1) is 39.6 Å². The number of methoxy groups -OCH3 is 1. The summed E-state index contributed by atoms with van der Waals surface area (Å²) in [6.45, 7) is 3.73. The van der Waals surface area contributed by atoms with Crippen LogP contribution in [0.25, 0.3) is 0 Å². The lowest BCUT2D eigenvalue weighted by atomic mass is 10.7. The van der Waals surface area contributed by atoms with Crippen LogP contribution in [0.5, 0.6) is 0 Å². The molecule has 13 heavy (non-hydrogen) atoms. The fourth-order valence-electron chi connectivity index (χ4n) is 0.641. The minimum absolute atomic E-state index is 0.613. The summed E-state index contributed by atoms with van der Waals surface area (Å²) in [5.41, 5.74) is 0. The van der Waals surface area contributed by atoms with Crippen molar-refractivity contribution >= 4 is 12.0 Å². The molecule has 80 valence electrons. The van der Waals surface area contributed by atoms with Gasteiger partial charge < -0.3 is 18.4 Å². The lowest BCUT2D eigenvalue weighted by molar-refractivity contribution is 0.0193. The predicted octanol–water partition coefficient (Wildman–Crippen LogP) is 0.961. The maximum atomic E-state index is 5.21. The third-order valence-electron chi connectivity index (χ3n) is 1.23. The summed E-state index contributed by atoms with van der Waals surface area (Å²) in [7, 11) is 1.65. The van der Waals surface area contributed by atoms with Crippen LogP contribution in [-0.4, -0.2) is 53.0 Å². The molecule has 0 unspecified atom stereocenters. The minimum Gasteiger partial charge on any atom is -0.382 e. The van der Waals surface area contributed by atoms with Gasteiger partial charge >= 0.3 is 0 Å². The Balaban J connectivity index is 2.76. The molecule has 0 heterocycles. The van der Waals surface area contributed by atoms with Gasteiger partial charge in [0.15, 0.2) is 0 Å². The van der Waals surface area contributed by atoms with Gasteiger partial charge in [-0.25, -0.2) is 0 Å². The minimum atomic E-state index is 0.613. The number of hydrogen-bond acceptors (Lipinski definition) is 5. The van der Waals surface area contributed by atoms with Crippen molar-refractivity contribution in [1.82, 2.24) is 0 Å². The van der Waals surface area contributed by atoms with E-state index in [1.54, 1.807) is 7.11 Å². The topological polar surface area (TPSA) is 36.9 Å². The summed E-state index contributed by atoms with van der Waals surface area (Å²) in [5.74, 6) is 0. The van der Waals surface area contributed by atoms with Crippen LogP contribution in [0.2, 0.25) is 0 Å². The maximum Gasteiger partial charge on any atom is 0.0847 e. The maximum absolute atomic E-state index is 5.21. The van der Waals surface area contributed by atoms with Gasteiger partial charge in [0.2, 0.25) is 0 Å². The molecule has 0 aliphatic heterocycles. The molecule has 0 aromatic carbocycles. The average molecular weight is 210 g/mol. The summed E-state index contributed by atoms with van der Waals surface area (Å²) in [6.07, 6.45) is 1.88. The monoisotopic (exact) mass is 210 g/mol. The van der Waals surface area contributed by atoms with Crippen LogP contribution in [0.15, 0.2) is 0 Å². The van der Waals surface area contributed by atoms with E-state index in [0.29, 0.717) is 39.6 Å². The standard InChI is InChI=1S/C8H18O4S/c1-9-3-4-10-5-6-11-7-8-12-13-2/h3-8H2,1-2H3. The van der Waals surface area contributed by atoms with Crippen molar-refractivity contribution in [2.75, 3.05) is 53.0 Å². The second kappa shape index (κ2) is 12.2. The first-order valence-corrected chi connectivity index (χ1v) is 5.37. The van der Waals surface area contributed by atoms with Gasteiger partial charge in [0.1, 0.15) is 0 Å². The Hall–Kier alpha value is 0.190. The summed E-state index contributed by atoms with van der Waals surface area (Å²) in [6, 6.07) is 0. The molecule has 0 aliphatic carbocycles. The Labute approximate surface area is 84.1 Å². The van der Waals surface area contributed by atoms with E-state index in [2.05, 4.69) is 0 Å².